The van der Waals surface area contributed by atoms with Crippen LogP contribution < -0.4 is 0 Å². The van der Waals surface area contributed by atoms with Crippen LogP contribution in [0.1, 0.15) is 27.7 Å². The lowest BCUT2D eigenvalue weighted by Crippen LogP contribution is -2.27. The van der Waals surface area contributed by atoms with Crippen LogP contribution in [0, 0.1) is 0 Å². The minimum Gasteiger partial charge on any atom is -0.463 e. The fourth-order valence-electron chi connectivity index (χ4n) is 0.991. The molecule has 0 spiro atoms. The maximum absolute atomic E-state index is 11.2. The molecule has 0 heterocycles. The second-order valence-electron chi connectivity index (χ2n) is 4.59. The Morgan fingerprint density at radius 3 is 2.06 bits per heavy atom. The summed E-state index contributed by atoms with van der Waals surface area (Å²) in [5.74, 6) is -0.734. The van der Waals surface area contributed by atoms with E-state index in [1.807, 2.05) is 0 Å². The molecule has 0 aliphatic carbocycles. The van der Waals surface area contributed by atoms with Gasteiger partial charge in [0.05, 0.1) is 19.8 Å². The van der Waals surface area contributed by atoms with Crippen molar-refractivity contribution in [2.24, 2.45) is 0 Å². The average Bonchev–Trinajstić information content (AvgIpc) is 2.18. The minimum absolute atomic E-state index is 0.0927. The number of carbonyl (C=O) groups is 2. The van der Waals surface area contributed by atoms with E-state index in [-0.39, 0.29) is 19.2 Å². The topological polar surface area (TPSA) is 71.1 Å². The van der Waals surface area contributed by atoms with Gasteiger partial charge in [-0.3, -0.25) is 4.79 Å². The summed E-state index contributed by atoms with van der Waals surface area (Å²) in [7, 11) is 0. The summed E-state index contributed by atoms with van der Waals surface area (Å²) in [5, 5.41) is 0. The van der Waals surface area contributed by atoms with Gasteiger partial charge in [-0.2, -0.15) is 0 Å². The van der Waals surface area contributed by atoms with Crippen LogP contribution in [0.5, 0.6) is 0 Å². The predicted molar refractivity (Wildman–Crippen MR) is 64.1 cm³/mol. The zero-order valence-corrected chi connectivity index (χ0v) is 11.5. The highest BCUT2D eigenvalue weighted by molar-refractivity contribution is 5.71. The van der Waals surface area contributed by atoms with Gasteiger partial charge in [-0.1, -0.05) is 0 Å². The number of hydrogen-bond donors (Lipinski definition) is 0. The van der Waals surface area contributed by atoms with E-state index in [9.17, 15) is 9.59 Å². The fourth-order valence-corrected chi connectivity index (χ4v) is 0.991. The van der Waals surface area contributed by atoms with Crippen molar-refractivity contribution in [1.82, 2.24) is 0 Å². The molecular formula is C12H22O6. The molecule has 0 aliphatic rings. The van der Waals surface area contributed by atoms with Crippen molar-refractivity contribution in [3.8, 4) is 0 Å². The van der Waals surface area contributed by atoms with Gasteiger partial charge < -0.3 is 18.9 Å². The summed E-state index contributed by atoms with van der Waals surface area (Å²) < 4.78 is 19.9. The van der Waals surface area contributed by atoms with Gasteiger partial charge in [-0.25, -0.2) is 4.79 Å². The quantitative estimate of drug-likeness (QED) is 0.478. The molecule has 0 saturated heterocycles. The highest BCUT2D eigenvalue weighted by Crippen LogP contribution is 2.06. The molecule has 0 bridgehead atoms. The molecule has 106 valence electrons. The van der Waals surface area contributed by atoms with Gasteiger partial charge in [0.2, 0.25) is 0 Å². The molecule has 0 N–H and O–H groups in total. The molecular weight excluding hydrogens is 240 g/mol. The van der Waals surface area contributed by atoms with E-state index in [1.54, 1.807) is 20.8 Å². The second kappa shape index (κ2) is 8.88. The molecule has 0 rings (SSSR count). The molecule has 0 radical (unpaired) electrons. The predicted octanol–water partition coefficient (Wildman–Crippen LogP) is 0.924. The third-order valence-electron chi connectivity index (χ3n) is 1.54. The Hall–Kier alpha value is -1.14. The van der Waals surface area contributed by atoms with Gasteiger partial charge in [-0.05, 0) is 20.8 Å². The average molecular weight is 262 g/mol. The molecule has 6 nitrogen and oxygen atoms in total. The van der Waals surface area contributed by atoms with Crippen molar-refractivity contribution in [1.29, 1.82) is 0 Å². The van der Waals surface area contributed by atoms with E-state index >= 15 is 0 Å². The molecule has 0 aromatic rings. The molecule has 0 aromatic carbocycles. The van der Waals surface area contributed by atoms with Crippen LogP contribution in [-0.2, 0) is 28.5 Å². The molecule has 0 amide bonds. The first-order valence-corrected chi connectivity index (χ1v) is 5.82. The Bertz CT molecular complexity index is 256. The maximum Gasteiger partial charge on any atom is 0.332 e. The smallest absolute Gasteiger partial charge is 0.332 e. The fraction of sp³-hybridized carbons (Fsp3) is 0.833. The number of carbonyl (C=O) groups excluding carboxylic acids is 2. The van der Waals surface area contributed by atoms with Crippen LogP contribution in [-0.4, -0.2) is 50.6 Å². The Morgan fingerprint density at radius 2 is 1.50 bits per heavy atom. The van der Waals surface area contributed by atoms with Gasteiger partial charge in [0.1, 0.15) is 18.8 Å². The standard InChI is InChI=1S/C12H22O6/c1-10(13)17-8-7-15-5-6-16-9-11(14)18-12(2,3)4/h5-9H2,1-4H3. The first-order valence-electron chi connectivity index (χ1n) is 5.82. The molecule has 0 saturated carbocycles. The van der Waals surface area contributed by atoms with Crippen molar-refractivity contribution in [2.45, 2.75) is 33.3 Å². The zero-order valence-electron chi connectivity index (χ0n) is 11.5. The summed E-state index contributed by atoms with van der Waals surface area (Å²) in [6.07, 6.45) is 0. The summed E-state index contributed by atoms with van der Waals surface area (Å²) in [6.45, 7) is 7.80. The van der Waals surface area contributed by atoms with E-state index in [1.165, 1.54) is 6.92 Å². The largest absolute Gasteiger partial charge is 0.463 e. The maximum atomic E-state index is 11.2. The molecule has 6 heteroatoms. The number of rotatable bonds is 8. The van der Waals surface area contributed by atoms with Gasteiger partial charge in [0.25, 0.3) is 0 Å². The Labute approximate surface area is 108 Å². The first kappa shape index (κ1) is 16.9. The molecule has 0 aromatic heterocycles. The van der Waals surface area contributed by atoms with E-state index in [4.69, 9.17) is 14.2 Å². The molecule has 0 atom stereocenters. The summed E-state index contributed by atoms with van der Waals surface area (Å²) in [4.78, 5) is 21.6. The molecule has 0 aliphatic heterocycles. The Balaban J connectivity index is 3.30. The summed E-state index contributed by atoms with van der Waals surface area (Å²) in [6, 6.07) is 0. The summed E-state index contributed by atoms with van der Waals surface area (Å²) in [5.41, 5.74) is -0.499. The monoisotopic (exact) mass is 262 g/mol. The van der Waals surface area contributed by atoms with Crippen molar-refractivity contribution < 1.29 is 28.5 Å². The van der Waals surface area contributed by atoms with Crippen molar-refractivity contribution in [2.75, 3.05) is 33.0 Å². The van der Waals surface area contributed by atoms with Crippen molar-refractivity contribution >= 4 is 11.9 Å². The first-order chi connectivity index (χ1) is 8.31. The number of esters is 2. The molecule has 0 unspecified atom stereocenters. The lowest BCUT2D eigenvalue weighted by Gasteiger charge is -2.19. The van der Waals surface area contributed by atoms with Crippen LogP contribution in [0.3, 0.4) is 0 Å². The van der Waals surface area contributed by atoms with Crippen LogP contribution in [0.4, 0.5) is 0 Å². The van der Waals surface area contributed by atoms with Gasteiger partial charge in [0.15, 0.2) is 0 Å². The van der Waals surface area contributed by atoms with E-state index in [0.717, 1.165) is 0 Å². The lowest BCUT2D eigenvalue weighted by atomic mass is 10.2. The SMILES string of the molecule is CC(=O)OCCOCCOCC(=O)OC(C)(C)C. The third-order valence-corrected chi connectivity index (χ3v) is 1.54. The zero-order chi connectivity index (χ0) is 14.0. The van der Waals surface area contributed by atoms with E-state index < -0.39 is 11.6 Å². The van der Waals surface area contributed by atoms with Crippen LogP contribution in [0.25, 0.3) is 0 Å². The van der Waals surface area contributed by atoms with E-state index in [2.05, 4.69) is 4.74 Å². The highest BCUT2D eigenvalue weighted by Gasteiger charge is 2.15. The van der Waals surface area contributed by atoms with Crippen LogP contribution >= 0.6 is 0 Å². The Kier molecular flexibility index (Phi) is 8.32. The number of hydrogen-bond acceptors (Lipinski definition) is 6. The molecule has 0 fully saturated rings. The van der Waals surface area contributed by atoms with Crippen LogP contribution in [0.15, 0.2) is 0 Å². The summed E-state index contributed by atoms with van der Waals surface area (Å²) >= 11 is 0. The highest BCUT2D eigenvalue weighted by atomic mass is 16.6. The van der Waals surface area contributed by atoms with Crippen molar-refractivity contribution in [3.05, 3.63) is 0 Å². The van der Waals surface area contributed by atoms with Gasteiger partial charge >= 0.3 is 11.9 Å². The van der Waals surface area contributed by atoms with Crippen molar-refractivity contribution in [3.63, 3.8) is 0 Å². The normalized spacial score (nSPS) is 11.1. The number of ether oxygens (including phenoxy) is 4. The lowest BCUT2D eigenvalue weighted by molar-refractivity contribution is -0.160. The van der Waals surface area contributed by atoms with Gasteiger partial charge in [0, 0.05) is 6.92 Å². The van der Waals surface area contributed by atoms with Crippen LogP contribution in [0.2, 0.25) is 0 Å². The van der Waals surface area contributed by atoms with Gasteiger partial charge in [-0.15, -0.1) is 0 Å². The molecule has 18 heavy (non-hydrogen) atoms. The minimum atomic E-state index is -0.499. The Morgan fingerprint density at radius 1 is 0.944 bits per heavy atom. The van der Waals surface area contributed by atoms with E-state index in [0.29, 0.717) is 19.8 Å². The third kappa shape index (κ3) is 12.9. The second-order valence-corrected chi connectivity index (χ2v) is 4.59.